The van der Waals surface area contributed by atoms with Gasteiger partial charge in [0.05, 0.1) is 32.9 Å². The molecule has 0 aromatic heterocycles. The van der Waals surface area contributed by atoms with Gasteiger partial charge in [-0.2, -0.15) is 0 Å². The lowest BCUT2D eigenvalue weighted by molar-refractivity contribution is -0.919. The molecule has 0 unspecified atom stereocenters. The molecule has 0 radical (unpaired) electrons. The smallest absolute Gasteiger partial charge is 0.223 e. The number of benzene rings is 1. The highest BCUT2D eigenvalue weighted by Crippen LogP contribution is 2.23. The van der Waals surface area contributed by atoms with Crippen molar-refractivity contribution in [2.45, 2.75) is 39.3 Å². The molecule has 0 spiro atoms. The van der Waals surface area contributed by atoms with E-state index in [4.69, 9.17) is 9.47 Å². The van der Waals surface area contributed by atoms with Crippen molar-refractivity contribution in [3.63, 3.8) is 0 Å². The standard InChI is InChI=1S/C18H28N2O3/c1-13(2)19-18(21)14-7-9-20(10-8-14)12-15-11-16(22-3)5-6-17(15)23-4/h5-6,11,13-14H,7-10,12H2,1-4H3,(H,19,21)/p+1. The van der Waals surface area contributed by atoms with Crippen LogP contribution in [0.5, 0.6) is 11.5 Å². The molecule has 0 aliphatic carbocycles. The molecular formula is C18H29N2O3+. The van der Waals surface area contributed by atoms with Crippen LogP contribution in [0.25, 0.3) is 0 Å². The molecule has 1 aromatic rings. The summed E-state index contributed by atoms with van der Waals surface area (Å²) in [7, 11) is 3.38. The molecular weight excluding hydrogens is 292 g/mol. The topological polar surface area (TPSA) is 52.0 Å². The normalized spacial score (nSPS) is 21.1. The summed E-state index contributed by atoms with van der Waals surface area (Å²) in [5.74, 6) is 2.12. The van der Waals surface area contributed by atoms with Gasteiger partial charge in [-0.15, -0.1) is 0 Å². The number of nitrogens with one attached hydrogen (secondary N) is 2. The minimum atomic E-state index is 0.161. The quantitative estimate of drug-likeness (QED) is 0.823. The molecule has 1 aliphatic rings. The van der Waals surface area contributed by atoms with Crippen molar-refractivity contribution in [1.29, 1.82) is 0 Å². The molecule has 1 aliphatic heterocycles. The minimum Gasteiger partial charge on any atom is -0.497 e. The van der Waals surface area contributed by atoms with Gasteiger partial charge in [-0.05, 0) is 32.0 Å². The third-order valence-corrected chi connectivity index (χ3v) is 4.42. The summed E-state index contributed by atoms with van der Waals surface area (Å²) in [6.45, 7) is 6.94. The van der Waals surface area contributed by atoms with Gasteiger partial charge in [0, 0.05) is 24.8 Å². The van der Waals surface area contributed by atoms with E-state index >= 15 is 0 Å². The highest BCUT2D eigenvalue weighted by Gasteiger charge is 2.28. The Morgan fingerprint density at radius 3 is 2.52 bits per heavy atom. The Kier molecular flexibility index (Phi) is 6.28. The number of methoxy groups -OCH3 is 2. The largest absolute Gasteiger partial charge is 0.497 e. The zero-order valence-electron chi connectivity index (χ0n) is 14.6. The number of hydrogen-bond donors (Lipinski definition) is 2. The molecule has 1 saturated heterocycles. The molecule has 1 fully saturated rings. The lowest BCUT2D eigenvalue weighted by Gasteiger charge is -2.29. The summed E-state index contributed by atoms with van der Waals surface area (Å²) in [5.41, 5.74) is 1.16. The Morgan fingerprint density at radius 2 is 1.96 bits per heavy atom. The minimum absolute atomic E-state index is 0.161. The highest BCUT2D eigenvalue weighted by molar-refractivity contribution is 5.78. The van der Waals surface area contributed by atoms with E-state index in [9.17, 15) is 4.79 Å². The van der Waals surface area contributed by atoms with Crippen molar-refractivity contribution in [2.24, 2.45) is 5.92 Å². The number of carbonyl (C=O) groups is 1. The van der Waals surface area contributed by atoms with Gasteiger partial charge in [0.25, 0.3) is 0 Å². The second-order valence-corrected chi connectivity index (χ2v) is 6.54. The SMILES string of the molecule is COc1ccc(OC)c(C[NH+]2CCC(C(=O)NC(C)C)CC2)c1. The number of amides is 1. The maximum absolute atomic E-state index is 12.1. The first-order valence-electron chi connectivity index (χ1n) is 8.38. The highest BCUT2D eigenvalue weighted by atomic mass is 16.5. The number of carbonyl (C=O) groups excluding carboxylic acids is 1. The number of hydrogen-bond acceptors (Lipinski definition) is 3. The molecule has 23 heavy (non-hydrogen) atoms. The van der Waals surface area contributed by atoms with Crippen molar-refractivity contribution in [2.75, 3.05) is 27.3 Å². The summed E-state index contributed by atoms with van der Waals surface area (Å²) in [4.78, 5) is 13.6. The molecule has 0 saturated carbocycles. The Labute approximate surface area is 139 Å². The maximum atomic E-state index is 12.1. The van der Waals surface area contributed by atoms with E-state index in [0.29, 0.717) is 0 Å². The first kappa shape index (κ1) is 17.6. The van der Waals surface area contributed by atoms with Crippen LogP contribution >= 0.6 is 0 Å². The Hall–Kier alpha value is -1.75. The van der Waals surface area contributed by atoms with Crippen molar-refractivity contribution < 1.29 is 19.2 Å². The van der Waals surface area contributed by atoms with Crippen LogP contribution in [0.2, 0.25) is 0 Å². The van der Waals surface area contributed by atoms with Crippen molar-refractivity contribution in [1.82, 2.24) is 5.32 Å². The molecule has 1 aromatic carbocycles. The second kappa shape index (κ2) is 8.20. The summed E-state index contributed by atoms with van der Waals surface area (Å²) in [5, 5.41) is 3.03. The van der Waals surface area contributed by atoms with E-state index in [1.54, 1.807) is 14.2 Å². The number of rotatable bonds is 6. The molecule has 5 nitrogen and oxygen atoms in total. The fourth-order valence-electron chi connectivity index (χ4n) is 3.16. The third kappa shape index (κ3) is 4.86. The van der Waals surface area contributed by atoms with Crippen molar-refractivity contribution in [3.8, 4) is 11.5 Å². The zero-order valence-corrected chi connectivity index (χ0v) is 14.6. The van der Waals surface area contributed by atoms with Gasteiger partial charge in [-0.3, -0.25) is 4.79 Å². The summed E-state index contributed by atoms with van der Waals surface area (Å²) >= 11 is 0. The van der Waals surface area contributed by atoms with E-state index in [1.165, 1.54) is 4.90 Å². The van der Waals surface area contributed by atoms with Gasteiger partial charge in [-0.1, -0.05) is 0 Å². The van der Waals surface area contributed by atoms with Crippen LogP contribution in [-0.2, 0) is 11.3 Å². The third-order valence-electron chi connectivity index (χ3n) is 4.42. The molecule has 0 bridgehead atoms. The van der Waals surface area contributed by atoms with E-state index in [1.807, 2.05) is 32.0 Å². The molecule has 5 heteroatoms. The lowest BCUT2D eigenvalue weighted by Crippen LogP contribution is -3.11. The summed E-state index contributed by atoms with van der Waals surface area (Å²) < 4.78 is 10.8. The zero-order chi connectivity index (χ0) is 16.8. The van der Waals surface area contributed by atoms with Crippen LogP contribution in [0, 0.1) is 5.92 Å². The predicted molar refractivity (Wildman–Crippen MR) is 89.9 cm³/mol. The molecule has 2 N–H and O–H groups in total. The van der Waals surface area contributed by atoms with E-state index < -0.39 is 0 Å². The Morgan fingerprint density at radius 1 is 1.26 bits per heavy atom. The van der Waals surface area contributed by atoms with Crippen LogP contribution in [-0.4, -0.2) is 39.3 Å². The Balaban J connectivity index is 1.92. The van der Waals surface area contributed by atoms with E-state index in [-0.39, 0.29) is 17.9 Å². The fraction of sp³-hybridized carbons (Fsp3) is 0.611. The first-order valence-corrected chi connectivity index (χ1v) is 8.38. The first-order chi connectivity index (χ1) is 11.0. The van der Waals surface area contributed by atoms with Gasteiger partial charge < -0.3 is 19.7 Å². The van der Waals surface area contributed by atoms with E-state index in [0.717, 1.165) is 49.5 Å². The molecule has 1 amide bonds. The van der Waals surface area contributed by atoms with Crippen LogP contribution in [0.4, 0.5) is 0 Å². The van der Waals surface area contributed by atoms with Crippen LogP contribution in [0.3, 0.4) is 0 Å². The monoisotopic (exact) mass is 321 g/mol. The lowest BCUT2D eigenvalue weighted by atomic mass is 9.95. The van der Waals surface area contributed by atoms with Crippen molar-refractivity contribution in [3.05, 3.63) is 23.8 Å². The molecule has 1 heterocycles. The average Bonchev–Trinajstić information content (AvgIpc) is 2.54. The molecule has 0 atom stereocenters. The van der Waals surface area contributed by atoms with Gasteiger partial charge in [-0.25, -0.2) is 0 Å². The predicted octanol–water partition coefficient (Wildman–Crippen LogP) is 1.02. The van der Waals surface area contributed by atoms with Crippen LogP contribution in [0.1, 0.15) is 32.3 Å². The summed E-state index contributed by atoms with van der Waals surface area (Å²) in [6.07, 6.45) is 1.89. The number of piperidine rings is 1. The molecule has 2 rings (SSSR count). The van der Waals surface area contributed by atoms with Crippen LogP contribution in [0.15, 0.2) is 18.2 Å². The van der Waals surface area contributed by atoms with E-state index in [2.05, 4.69) is 5.32 Å². The van der Waals surface area contributed by atoms with Gasteiger partial charge in [0.2, 0.25) is 5.91 Å². The van der Waals surface area contributed by atoms with Crippen LogP contribution < -0.4 is 19.7 Å². The second-order valence-electron chi connectivity index (χ2n) is 6.54. The van der Waals surface area contributed by atoms with Gasteiger partial charge >= 0.3 is 0 Å². The summed E-state index contributed by atoms with van der Waals surface area (Å²) in [6, 6.07) is 6.13. The number of ether oxygens (including phenoxy) is 2. The fourth-order valence-corrected chi connectivity index (χ4v) is 3.16. The number of quaternary nitrogens is 1. The maximum Gasteiger partial charge on any atom is 0.223 e. The van der Waals surface area contributed by atoms with Gasteiger partial charge in [0.15, 0.2) is 0 Å². The average molecular weight is 321 g/mol. The Bertz CT molecular complexity index is 523. The molecule has 128 valence electrons. The van der Waals surface area contributed by atoms with Crippen molar-refractivity contribution >= 4 is 5.91 Å². The van der Waals surface area contributed by atoms with Gasteiger partial charge in [0.1, 0.15) is 18.0 Å². The number of likely N-dealkylation sites (tertiary alicyclic amines) is 1.